The van der Waals surface area contributed by atoms with Gasteiger partial charge in [0, 0.05) is 38.0 Å². The standard InChI is InChI=1S/C36H49F2N5O4/c1-22(2)33-40-35(47-41-33)42-13-10-25(11-14-42)23(3)12-15-45-28-16-24(4)34(39-19-28)43-20-26(17-32(44)46-36(5,6)7)30(21-43)29-18-27(37)8-9-31(29)38/h8-9,16,18-19,22-23,25-26,30H,10-15,17,20-21H2,1-7H3/t23-,26+,30+/m1/s1. The molecule has 0 spiro atoms. The van der Waals surface area contributed by atoms with E-state index in [1.165, 1.54) is 6.07 Å². The number of carbonyl (C=O) groups is 1. The summed E-state index contributed by atoms with van der Waals surface area (Å²) in [7, 11) is 0. The van der Waals surface area contributed by atoms with Crippen molar-refractivity contribution >= 4 is 17.8 Å². The Morgan fingerprint density at radius 2 is 1.83 bits per heavy atom. The summed E-state index contributed by atoms with van der Waals surface area (Å²) in [6, 6.07) is 6.10. The van der Waals surface area contributed by atoms with Crippen molar-refractivity contribution in [2.45, 2.75) is 91.6 Å². The van der Waals surface area contributed by atoms with Crippen LogP contribution in [0.1, 0.15) is 96.0 Å². The zero-order valence-electron chi connectivity index (χ0n) is 28.8. The first kappa shape index (κ1) is 34.6. The summed E-state index contributed by atoms with van der Waals surface area (Å²) in [4.78, 5) is 26.3. The van der Waals surface area contributed by atoms with E-state index < -0.39 is 23.2 Å². The van der Waals surface area contributed by atoms with Gasteiger partial charge in [-0.1, -0.05) is 25.9 Å². The lowest BCUT2D eigenvalue weighted by Gasteiger charge is -2.33. The molecule has 3 aromatic rings. The molecule has 0 radical (unpaired) electrons. The first-order chi connectivity index (χ1) is 22.3. The van der Waals surface area contributed by atoms with Gasteiger partial charge in [0.2, 0.25) is 0 Å². The van der Waals surface area contributed by atoms with Crippen molar-refractivity contribution in [3.8, 4) is 5.75 Å². The summed E-state index contributed by atoms with van der Waals surface area (Å²) in [5.74, 6) is 1.54. The summed E-state index contributed by atoms with van der Waals surface area (Å²) in [6.07, 6.45) is 4.90. The van der Waals surface area contributed by atoms with E-state index in [0.29, 0.717) is 43.3 Å². The van der Waals surface area contributed by atoms with Crippen molar-refractivity contribution in [2.75, 3.05) is 42.6 Å². The van der Waals surface area contributed by atoms with Crippen molar-refractivity contribution in [1.29, 1.82) is 0 Å². The van der Waals surface area contributed by atoms with Crippen LogP contribution in [0, 0.1) is 36.3 Å². The number of nitrogens with zero attached hydrogens (tertiary/aromatic N) is 5. The first-order valence-corrected chi connectivity index (χ1v) is 16.9. The van der Waals surface area contributed by atoms with Crippen molar-refractivity contribution < 1.29 is 27.6 Å². The van der Waals surface area contributed by atoms with E-state index in [-0.39, 0.29) is 29.8 Å². The Hall–Kier alpha value is -3.76. The quantitative estimate of drug-likeness (QED) is 0.196. The minimum atomic E-state index is -0.633. The van der Waals surface area contributed by atoms with Gasteiger partial charge in [0.1, 0.15) is 28.8 Å². The Morgan fingerprint density at radius 1 is 1.09 bits per heavy atom. The molecule has 2 aliphatic heterocycles. The molecule has 0 aliphatic carbocycles. The minimum absolute atomic E-state index is 0.0991. The number of halogens is 2. The number of anilines is 2. The maximum absolute atomic E-state index is 14.9. The van der Waals surface area contributed by atoms with Crippen LogP contribution in [0.15, 0.2) is 35.0 Å². The van der Waals surface area contributed by atoms with E-state index >= 15 is 0 Å². The number of rotatable bonds is 11. The monoisotopic (exact) mass is 653 g/mol. The van der Waals surface area contributed by atoms with E-state index in [0.717, 1.165) is 61.7 Å². The number of hydrogen-bond donors (Lipinski definition) is 0. The van der Waals surface area contributed by atoms with Crippen LogP contribution in [0.3, 0.4) is 0 Å². The summed E-state index contributed by atoms with van der Waals surface area (Å²) >= 11 is 0. The van der Waals surface area contributed by atoms with Gasteiger partial charge in [-0.2, -0.15) is 4.98 Å². The number of hydrogen-bond acceptors (Lipinski definition) is 9. The highest BCUT2D eigenvalue weighted by Gasteiger charge is 2.39. The molecule has 3 atom stereocenters. The average Bonchev–Trinajstić information content (AvgIpc) is 3.66. The van der Waals surface area contributed by atoms with Gasteiger partial charge in [-0.05, 0) is 100 Å². The van der Waals surface area contributed by atoms with E-state index in [2.05, 4.69) is 40.7 Å². The highest BCUT2D eigenvalue weighted by Crippen LogP contribution is 2.40. The highest BCUT2D eigenvalue weighted by atomic mass is 19.1. The molecule has 1 aromatic carbocycles. The van der Waals surface area contributed by atoms with Crippen LogP contribution in [0.4, 0.5) is 20.6 Å². The van der Waals surface area contributed by atoms with Crippen molar-refractivity contribution in [1.82, 2.24) is 15.1 Å². The molecule has 4 heterocycles. The van der Waals surface area contributed by atoms with Crippen molar-refractivity contribution in [3.63, 3.8) is 0 Å². The summed E-state index contributed by atoms with van der Waals surface area (Å²) in [6.45, 7) is 17.1. The molecule has 5 rings (SSSR count). The van der Waals surface area contributed by atoms with Crippen molar-refractivity contribution in [3.05, 3.63) is 59.0 Å². The molecule has 0 unspecified atom stereocenters. The fourth-order valence-electron chi connectivity index (χ4n) is 6.80. The van der Waals surface area contributed by atoms with Gasteiger partial charge in [-0.25, -0.2) is 13.8 Å². The second-order valence-electron chi connectivity index (χ2n) is 14.6. The molecule has 2 fully saturated rings. The molecule has 0 saturated carbocycles. The molecule has 9 nitrogen and oxygen atoms in total. The van der Waals surface area contributed by atoms with E-state index in [4.69, 9.17) is 19.0 Å². The van der Waals surface area contributed by atoms with Gasteiger partial charge in [0.05, 0.1) is 19.2 Å². The topological polar surface area (TPSA) is 93.8 Å². The largest absolute Gasteiger partial charge is 0.492 e. The van der Waals surface area contributed by atoms with Gasteiger partial charge in [-0.3, -0.25) is 4.79 Å². The number of aromatic nitrogens is 3. The molecule has 0 N–H and O–H groups in total. The molecule has 2 saturated heterocycles. The number of pyridine rings is 1. The van der Waals surface area contributed by atoms with Gasteiger partial charge >= 0.3 is 12.0 Å². The average molecular weight is 654 g/mol. The van der Waals surface area contributed by atoms with E-state index in [9.17, 15) is 13.6 Å². The Kier molecular flexibility index (Phi) is 10.7. The number of piperidine rings is 1. The Balaban J connectivity index is 1.16. The Bertz CT molecular complexity index is 1520. The third kappa shape index (κ3) is 8.78. The van der Waals surface area contributed by atoms with Crippen molar-refractivity contribution in [2.24, 2.45) is 17.8 Å². The molecular formula is C36H49F2N5O4. The van der Waals surface area contributed by atoms with Crippen LogP contribution in [0.2, 0.25) is 0 Å². The van der Waals surface area contributed by atoms with Crippen LogP contribution in [0.25, 0.3) is 0 Å². The lowest BCUT2D eigenvalue weighted by atomic mass is 9.84. The first-order valence-electron chi connectivity index (χ1n) is 16.9. The molecular weight excluding hydrogens is 604 g/mol. The molecule has 256 valence electrons. The van der Waals surface area contributed by atoms with Gasteiger partial charge in [0.25, 0.3) is 0 Å². The van der Waals surface area contributed by atoms with E-state index in [1.807, 2.05) is 33.8 Å². The number of benzene rings is 1. The van der Waals surface area contributed by atoms with Crippen LogP contribution >= 0.6 is 0 Å². The van der Waals surface area contributed by atoms with Crippen LogP contribution in [-0.4, -0.2) is 59.5 Å². The Labute approximate surface area is 277 Å². The number of esters is 1. The van der Waals surface area contributed by atoms with Gasteiger partial charge < -0.3 is 23.8 Å². The molecule has 0 amide bonds. The predicted octanol–water partition coefficient (Wildman–Crippen LogP) is 7.45. The van der Waals surface area contributed by atoms with E-state index in [1.54, 1.807) is 6.20 Å². The third-order valence-corrected chi connectivity index (χ3v) is 9.38. The zero-order valence-corrected chi connectivity index (χ0v) is 28.8. The second-order valence-corrected chi connectivity index (χ2v) is 14.6. The number of ether oxygens (including phenoxy) is 2. The molecule has 2 aliphatic rings. The van der Waals surface area contributed by atoms with Crippen LogP contribution in [-0.2, 0) is 9.53 Å². The second kappa shape index (κ2) is 14.6. The molecule has 47 heavy (non-hydrogen) atoms. The predicted molar refractivity (Wildman–Crippen MR) is 177 cm³/mol. The van der Waals surface area contributed by atoms with Gasteiger partial charge in [-0.15, -0.1) is 0 Å². The van der Waals surface area contributed by atoms with Crippen LogP contribution < -0.4 is 14.5 Å². The summed E-state index contributed by atoms with van der Waals surface area (Å²) < 4.78 is 46.3. The summed E-state index contributed by atoms with van der Waals surface area (Å²) in [5.41, 5.74) is 0.557. The third-order valence-electron chi connectivity index (χ3n) is 9.38. The lowest BCUT2D eigenvalue weighted by Crippen LogP contribution is -2.36. The minimum Gasteiger partial charge on any atom is -0.492 e. The maximum Gasteiger partial charge on any atom is 0.324 e. The molecule has 2 aromatic heterocycles. The summed E-state index contributed by atoms with van der Waals surface area (Å²) in [5, 5.41) is 4.10. The van der Waals surface area contributed by atoms with Crippen LogP contribution in [0.5, 0.6) is 5.75 Å². The highest BCUT2D eigenvalue weighted by molar-refractivity contribution is 5.71. The SMILES string of the molecule is Cc1cc(OCC[C@@H](C)C2CCN(c3nc(C(C)C)no3)CC2)cnc1N1C[C@H](CC(=O)OC(C)(C)C)[C@@H](c2cc(F)ccc2F)C1. The number of carbonyl (C=O) groups excluding carboxylic acids is 1. The normalized spacial score (nSPS) is 19.8. The van der Waals surface area contributed by atoms with Gasteiger partial charge in [0.15, 0.2) is 5.82 Å². The molecule has 11 heteroatoms. The molecule has 0 bridgehead atoms. The fraction of sp³-hybridized carbons (Fsp3) is 0.611. The maximum atomic E-state index is 14.9. The number of aryl methyl sites for hydroxylation is 1. The lowest BCUT2D eigenvalue weighted by molar-refractivity contribution is -0.155. The zero-order chi connectivity index (χ0) is 33.9. The smallest absolute Gasteiger partial charge is 0.324 e. The Morgan fingerprint density at radius 3 is 2.49 bits per heavy atom. The fourth-order valence-corrected chi connectivity index (χ4v) is 6.80.